The first-order valence-electron chi connectivity index (χ1n) is 9.14. The number of ether oxygens (including phenoxy) is 1. The van der Waals surface area contributed by atoms with Gasteiger partial charge in [0.05, 0.1) is 25.3 Å². The first-order chi connectivity index (χ1) is 12.2. The molecule has 1 aromatic rings. The van der Waals surface area contributed by atoms with Gasteiger partial charge < -0.3 is 15.4 Å². The van der Waals surface area contributed by atoms with E-state index in [-0.39, 0.29) is 6.10 Å². The molecule has 0 spiro atoms. The second-order valence-electron chi connectivity index (χ2n) is 6.20. The van der Waals surface area contributed by atoms with E-state index in [1.54, 1.807) is 0 Å². The fourth-order valence-electron chi connectivity index (χ4n) is 2.94. The van der Waals surface area contributed by atoms with Crippen LogP contribution in [0.3, 0.4) is 0 Å². The summed E-state index contributed by atoms with van der Waals surface area (Å²) in [5.74, 6) is 2.10. The molecule has 1 saturated heterocycles. The fourth-order valence-corrected chi connectivity index (χ4v) is 4.22. The molecule has 1 aliphatic heterocycles. The summed E-state index contributed by atoms with van der Waals surface area (Å²) in [6.07, 6.45) is 3.59. The Morgan fingerprint density at radius 3 is 3.08 bits per heavy atom. The van der Waals surface area contributed by atoms with Crippen LogP contribution in [0.5, 0.6) is 0 Å². The Labute approximate surface area is 160 Å². The van der Waals surface area contributed by atoms with Crippen molar-refractivity contribution >= 4 is 29.1 Å². The van der Waals surface area contributed by atoms with Gasteiger partial charge in [0.1, 0.15) is 0 Å². The number of morpholine rings is 1. The van der Waals surface area contributed by atoms with Crippen molar-refractivity contribution in [1.29, 1.82) is 0 Å². The van der Waals surface area contributed by atoms with Crippen molar-refractivity contribution in [3.63, 3.8) is 0 Å². The van der Waals surface area contributed by atoms with Crippen LogP contribution in [-0.4, -0.2) is 68.3 Å². The third kappa shape index (κ3) is 7.17. The van der Waals surface area contributed by atoms with Gasteiger partial charge in [-0.1, -0.05) is 6.07 Å². The minimum atomic E-state index is 0.290. The van der Waals surface area contributed by atoms with Crippen LogP contribution in [0.25, 0.3) is 0 Å². The highest BCUT2D eigenvalue weighted by Crippen LogP contribution is 2.27. The normalized spacial score (nSPS) is 20.4. The lowest BCUT2D eigenvalue weighted by molar-refractivity contribution is -0.0327. The molecule has 2 unspecified atom stereocenters. The number of thiophene rings is 1. The Balaban J connectivity index is 2.00. The maximum absolute atomic E-state index is 5.72. The van der Waals surface area contributed by atoms with Gasteiger partial charge in [0, 0.05) is 31.1 Å². The van der Waals surface area contributed by atoms with E-state index in [9.17, 15) is 0 Å². The quantitative estimate of drug-likeness (QED) is 0.389. The van der Waals surface area contributed by atoms with E-state index in [1.807, 2.05) is 23.1 Å². The zero-order valence-corrected chi connectivity index (χ0v) is 17.3. The third-order valence-electron chi connectivity index (χ3n) is 4.17. The molecular formula is C18H32N4OS2. The second kappa shape index (κ2) is 11.8. The molecule has 2 atom stereocenters. The molecule has 2 heterocycles. The molecule has 25 heavy (non-hydrogen) atoms. The Hall–Kier alpha value is -0.760. The molecule has 1 aromatic heterocycles. The van der Waals surface area contributed by atoms with Crippen LogP contribution in [0.1, 0.15) is 31.2 Å². The van der Waals surface area contributed by atoms with E-state index < -0.39 is 0 Å². The molecule has 0 radical (unpaired) electrons. The third-order valence-corrected chi connectivity index (χ3v) is 5.84. The molecule has 0 bridgehead atoms. The molecule has 0 aromatic carbocycles. The summed E-state index contributed by atoms with van der Waals surface area (Å²) in [5, 5.41) is 8.97. The van der Waals surface area contributed by atoms with Crippen LogP contribution >= 0.6 is 23.1 Å². The van der Waals surface area contributed by atoms with Gasteiger partial charge in [-0.25, -0.2) is 0 Å². The average Bonchev–Trinajstić information content (AvgIpc) is 3.13. The highest BCUT2D eigenvalue weighted by Gasteiger charge is 2.26. The number of hydrogen-bond acceptors (Lipinski definition) is 5. The summed E-state index contributed by atoms with van der Waals surface area (Å²) in [5.41, 5.74) is 0. The van der Waals surface area contributed by atoms with Crippen molar-refractivity contribution in [3.8, 4) is 0 Å². The van der Waals surface area contributed by atoms with Gasteiger partial charge in [-0.15, -0.1) is 11.3 Å². The van der Waals surface area contributed by atoms with Crippen molar-refractivity contribution in [2.24, 2.45) is 4.99 Å². The van der Waals surface area contributed by atoms with Crippen LogP contribution in [0.15, 0.2) is 22.5 Å². The van der Waals surface area contributed by atoms with Crippen LogP contribution in [-0.2, 0) is 4.74 Å². The van der Waals surface area contributed by atoms with Crippen LogP contribution in [0, 0.1) is 0 Å². The zero-order chi connectivity index (χ0) is 17.9. The van der Waals surface area contributed by atoms with E-state index >= 15 is 0 Å². The van der Waals surface area contributed by atoms with Gasteiger partial charge >= 0.3 is 0 Å². The first kappa shape index (κ1) is 20.6. The Kier molecular flexibility index (Phi) is 9.68. The maximum Gasteiger partial charge on any atom is 0.191 e. The minimum absolute atomic E-state index is 0.290. The van der Waals surface area contributed by atoms with E-state index in [1.165, 1.54) is 10.6 Å². The van der Waals surface area contributed by atoms with Crippen molar-refractivity contribution < 1.29 is 4.74 Å². The Bertz CT molecular complexity index is 495. The largest absolute Gasteiger partial charge is 0.376 e. The van der Waals surface area contributed by atoms with E-state index in [0.29, 0.717) is 6.04 Å². The lowest BCUT2D eigenvalue weighted by Gasteiger charge is -2.36. The molecule has 5 nitrogen and oxygen atoms in total. The van der Waals surface area contributed by atoms with Crippen LogP contribution < -0.4 is 10.6 Å². The van der Waals surface area contributed by atoms with E-state index in [2.05, 4.69) is 53.1 Å². The topological polar surface area (TPSA) is 48.9 Å². The Morgan fingerprint density at radius 2 is 2.40 bits per heavy atom. The van der Waals surface area contributed by atoms with Crippen molar-refractivity contribution in [2.75, 3.05) is 51.3 Å². The number of thioether (sulfide) groups is 1. The first-order valence-corrected chi connectivity index (χ1v) is 11.4. The molecule has 142 valence electrons. The predicted octanol–water partition coefficient (Wildman–Crippen LogP) is 2.82. The SMILES string of the molecule is CCNC(=NCC(c1cccs1)N1CCOC(C)C1)NCCCSC. The van der Waals surface area contributed by atoms with Crippen LogP contribution in [0.4, 0.5) is 0 Å². The van der Waals surface area contributed by atoms with E-state index in [0.717, 1.165) is 51.7 Å². The number of rotatable bonds is 9. The fraction of sp³-hybridized carbons (Fsp3) is 0.722. The molecule has 0 saturated carbocycles. The van der Waals surface area contributed by atoms with Gasteiger partial charge in [0.25, 0.3) is 0 Å². The van der Waals surface area contributed by atoms with Crippen molar-refractivity contribution in [3.05, 3.63) is 22.4 Å². The number of aliphatic imine (C=N–C) groups is 1. The number of guanidine groups is 1. The summed E-state index contributed by atoms with van der Waals surface area (Å²) in [4.78, 5) is 8.78. The molecule has 2 N–H and O–H groups in total. The van der Waals surface area contributed by atoms with Crippen molar-refractivity contribution in [1.82, 2.24) is 15.5 Å². The van der Waals surface area contributed by atoms with Gasteiger partial charge in [-0.3, -0.25) is 9.89 Å². The smallest absolute Gasteiger partial charge is 0.191 e. The summed E-state index contributed by atoms with van der Waals surface area (Å²) in [6, 6.07) is 4.68. The second-order valence-corrected chi connectivity index (χ2v) is 8.17. The molecular weight excluding hydrogens is 352 g/mol. The standard InChI is InChI=1S/C18H32N4OS2/c1-4-19-18(20-8-6-11-24-3)21-13-16(17-7-5-12-25-17)22-9-10-23-15(2)14-22/h5,7,12,15-16H,4,6,8-11,13-14H2,1-3H3,(H2,19,20,21). The molecule has 0 aliphatic carbocycles. The minimum Gasteiger partial charge on any atom is -0.376 e. The lowest BCUT2D eigenvalue weighted by Crippen LogP contribution is -2.44. The zero-order valence-electron chi connectivity index (χ0n) is 15.7. The summed E-state index contributed by atoms with van der Waals surface area (Å²) < 4.78 is 5.72. The van der Waals surface area contributed by atoms with E-state index in [4.69, 9.17) is 9.73 Å². The summed E-state index contributed by atoms with van der Waals surface area (Å²) in [7, 11) is 0. The van der Waals surface area contributed by atoms with Crippen LogP contribution in [0.2, 0.25) is 0 Å². The highest BCUT2D eigenvalue weighted by molar-refractivity contribution is 7.98. The van der Waals surface area contributed by atoms with Crippen molar-refractivity contribution in [2.45, 2.75) is 32.4 Å². The molecule has 1 fully saturated rings. The summed E-state index contributed by atoms with van der Waals surface area (Å²) in [6.45, 7) is 9.62. The molecule has 2 rings (SSSR count). The highest BCUT2D eigenvalue weighted by atomic mass is 32.2. The predicted molar refractivity (Wildman–Crippen MR) is 111 cm³/mol. The average molecular weight is 385 g/mol. The molecule has 7 heteroatoms. The monoisotopic (exact) mass is 384 g/mol. The number of nitrogens with zero attached hydrogens (tertiary/aromatic N) is 2. The van der Waals surface area contributed by atoms with Gasteiger partial charge in [0.2, 0.25) is 0 Å². The number of hydrogen-bond donors (Lipinski definition) is 2. The Morgan fingerprint density at radius 1 is 1.52 bits per heavy atom. The molecule has 1 aliphatic rings. The van der Waals surface area contributed by atoms with Gasteiger partial charge in [-0.2, -0.15) is 11.8 Å². The van der Waals surface area contributed by atoms with Gasteiger partial charge in [0.15, 0.2) is 5.96 Å². The lowest BCUT2D eigenvalue weighted by atomic mass is 10.1. The summed E-state index contributed by atoms with van der Waals surface area (Å²) >= 11 is 3.70. The number of nitrogens with one attached hydrogen (secondary N) is 2. The van der Waals surface area contributed by atoms with Gasteiger partial charge in [-0.05, 0) is 43.7 Å². The maximum atomic E-state index is 5.72. The molecule has 0 amide bonds.